The van der Waals surface area contributed by atoms with Crippen molar-refractivity contribution >= 4 is 37.6 Å². The van der Waals surface area contributed by atoms with E-state index in [1.54, 1.807) is 6.07 Å². The highest BCUT2D eigenvalue weighted by Gasteiger charge is 2.30. The van der Waals surface area contributed by atoms with E-state index < -0.39 is 10.0 Å². The van der Waals surface area contributed by atoms with Gasteiger partial charge in [0.05, 0.1) is 9.92 Å². The average Bonchev–Trinajstić information content (AvgIpc) is 2.79. The van der Waals surface area contributed by atoms with E-state index in [9.17, 15) is 8.42 Å². The summed E-state index contributed by atoms with van der Waals surface area (Å²) in [4.78, 5) is 0.184. The second-order valence-electron chi connectivity index (χ2n) is 4.73. The van der Waals surface area contributed by atoms with Crippen molar-refractivity contribution in [2.75, 3.05) is 6.54 Å². The minimum Gasteiger partial charge on any atom is -0.330 e. The first kappa shape index (κ1) is 15.3. The monoisotopic (exact) mass is 366 g/mol. The van der Waals surface area contributed by atoms with Gasteiger partial charge >= 0.3 is 0 Å². The van der Waals surface area contributed by atoms with E-state index in [1.165, 1.54) is 12.1 Å². The summed E-state index contributed by atoms with van der Waals surface area (Å²) in [5, 5.41) is 0.379. The van der Waals surface area contributed by atoms with Crippen LogP contribution in [-0.2, 0) is 10.0 Å². The molecule has 0 spiro atoms. The smallest absolute Gasteiger partial charge is 0.240 e. The molecule has 0 aromatic heterocycles. The molecule has 19 heavy (non-hydrogen) atoms. The van der Waals surface area contributed by atoms with Crippen molar-refractivity contribution in [1.82, 2.24) is 4.72 Å². The van der Waals surface area contributed by atoms with E-state index >= 15 is 0 Å². The van der Waals surface area contributed by atoms with Gasteiger partial charge in [0, 0.05) is 10.5 Å². The maximum absolute atomic E-state index is 12.3. The van der Waals surface area contributed by atoms with Gasteiger partial charge in [-0.25, -0.2) is 13.1 Å². The summed E-state index contributed by atoms with van der Waals surface area (Å²) in [6.45, 7) is 0.508. The molecular formula is C12H16BrClN2O2S. The average molecular weight is 368 g/mol. The molecule has 4 nitrogen and oxygen atoms in total. The predicted molar refractivity (Wildman–Crippen MR) is 79.7 cm³/mol. The van der Waals surface area contributed by atoms with Gasteiger partial charge in [0.2, 0.25) is 10.0 Å². The molecular weight excluding hydrogens is 352 g/mol. The molecule has 0 bridgehead atoms. The number of nitrogens with two attached hydrogens (primary N) is 1. The van der Waals surface area contributed by atoms with Crippen LogP contribution < -0.4 is 10.5 Å². The maximum Gasteiger partial charge on any atom is 0.240 e. The molecule has 1 aromatic rings. The third kappa shape index (κ3) is 3.49. The van der Waals surface area contributed by atoms with Crippen LogP contribution in [0.4, 0.5) is 0 Å². The molecule has 1 fully saturated rings. The van der Waals surface area contributed by atoms with Crippen molar-refractivity contribution in [1.29, 1.82) is 0 Å². The highest BCUT2D eigenvalue weighted by atomic mass is 79.9. The molecule has 2 atom stereocenters. The first-order chi connectivity index (χ1) is 8.94. The fourth-order valence-electron chi connectivity index (χ4n) is 2.39. The zero-order chi connectivity index (χ0) is 14.0. The Kier molecular flexibility index (Phi) is 4.89. The quantitative estimate of drug-likeness (QED) is 0.859. The van der Waals surface area contributed by atoms with Crippen molar-refractivity contribution in [3.63, 3.8) is 0 Å². The second-order valence-corrected chi connectivity index (χ2v) is 7.71. The minimum atomic E-state index is -3.54. The highest BCUT2D eigenvalue weighted by Crippen LogP contribution is 2.28. The molecule has 106 valence electrons. The third-order valence-corrected chi connectivity index (χ3v) is 6.19. The topological polar surface area (TPSA) is 72.2 Å². The van der Waals surface area contributed by atoms with E-state index in [0.29, 0.717) is 16.0 Å². The van der Waals surface area contributed by atoms with E-state index in [4.69, 9.17) is 17.3 Å². The van der Waals surface area contributed by atoms with Crippen LogP contribution in [0.2, 0.25) is 5.02 Å². The van der Waals surface area contributed by atoms with Gasteiger partial charge in [-0.05, 0) is 59.4 Å². The summed E-state index contributed by atoms with van der Waals surface area (Å²) in [6.07, 6.45) is 2.83. The number of benzene rings is 1. The molecule has 2 unspecified atom stereocenters. The number of halogens is 2. The molecule has 0 heterocycles. The lowest BCUT2D eigenvalue weighted by Gasteiger charge is -2.19. The maximum atomic E-state index is 12.3. The van der Waals surface area contributed by atoms with E-state index in [1.807, 2.05) is 0 Å². The van der Waals surface area contributed by atoms with E-state index in [2.05, 4.69) is 20.7 Å². The van der Waals surface area contributed by atoms with Crippen LogP contribution in [0.3, 0.4) is 0 Å². The Morgan fingerprint density at radius 2 is 2.16 bits per heavy atom. The van der Waals surface area contributed by atoms with E-state index in [-0.39, 0.29) is 16.9 Å². The lowest BCUT2D eigenvalue weighted by atomic mass is 10.1. The third-order valence-electron chi connectivity index (χ3n) is 3.47. The summed E-state index contributed by atoms with van der Waals surface area (Å²) in [5.74, 6) is 0.223. The van der Waals surface area contributed by atoms with Crippen molar-refractivity contribution < 1.29 is 8.42 Å². The molecule has 0 saturated heterocycles. The lowest BCUT2D eigenvalue weighted by Crippen LogP contribution is -2.39. The van der Waals surface area contributed by atoms with Gasteiger partial charge in [0.25, 0.3) is 0 Å². The molecule has 1 aliphatic carbocycles. The Hall–Kier alpha value is -0.140. The van der Waals surface area contributed by atoms with Gasteiger partial charge in [0.15, 0.2) is 0 Å². The lowest BCUT2D eigenvalue weighted by molar-refractivity contribution is 0.453. The standard InChI is InChI=1S/C12H16BrClN2O2S/c13-10-5-4-9(6-11(10)14)19(17,18)16-12-3-1-2-8(12)7-15/h4-6,8,12,16H,1-3,7,15H2. The Balaban J connectivity index is 2.20. The summed E-state index contributed by atoms with van der Waals surface area (Å²) >= 11 is 9.17. The predicted octanol–water partition coefficient (Wildman–Crippen LogP) is 2.51. The van der Waals surface area contributed by atoms with Crippen LogP contribution in [0.5, 0.6) is 0 Å². The Morgan fingerprint density at radius 3 is 2.79 bits per heavy atom. The zero-order valence-electron chi connectivity index (χ0n) is 10.3. The van der Waals surface area contributed by atoms with Crippen LogP contribution in [0.1, 0.15) is 19.3 Å². The molecule has 1 saturated carbocycles. The molecule has 1 aliphatic rings. The van der Waals surface area contributed by atoms with Gasteiger partial charge in [-0.3, -0.25) is 0 Å². The van der Waals surface area contributed by atoms with Gasteiger partial charge in [-0.2, -0.15) is 0 Å². The zero-order valence-corrected chi connectivity index (χ0v) is 13.4. The molecule has 0 aliphatic heterocycles. The van der Waals surface area contributed by atoms with Gasteiger partial charge in [-0.1, -0.05) is 18.0 Å². The van der Waals surface area contributed by atoms with Crippen molar-refractivity contribution in [3.8, 4) is 0 Å². The van der Waals surface area contributed by atoms with Gasteiger partial charge < -0.3 is 5.73 Å². The number of hydrogen-bond acceptors (Lipinski definition) is 3. The fourth-order valence-corrected chi connectivity index (χ4v) is 4.24. The van der Waals surface area contributed by atoms with Crippen LogP contribution in [0.15, 0.2) is 27.6 Å². The Bertz CT molecular complexity index is 565. The largest absolute Gasteiger partial charge is 0.330 e. The summed E-state index contributed by atoms with van der Waals surface area (Å²) in [7, 11) is -3.54. The fraction of sp³-hybridized carbons (Fsp3) is 0.500. The molecule has 2 rings (SSSR count). The summed E-state index contributed by atoms with van der Waals surface area (Å²) in [5.41, 5.74) is 5.66. The van der Waals surface area contributed by atoms with Gasteiger partial charge in [0.1, 0.15) is 0 Å². The molecule has 0 amide bonds. The molecule has 3 N–H and O–H groups in total. The number of rotatable bonds is 4. The number of hydrogen-bond donors (Lipinski definition) is 2. The first-order valence-corrected chi connectivity index (χ1v) is 8.77. The number of nitrogens with one attached hydrogen (secondary N) is 1. The van der Waals surface area contributed by atoms with Crippen molar-refractivity contribution in [2.24, 2.45) is 11.7 Å². The number of sulfonamides is 1. The SMILES string of the molecule is NCC1CCCC1NS(=O)(=O)c1ccc(Br)c(Cl)c1. The summed E-state index contributed by atoms with van der Waals surface area (Å²) < 4.78 is 28.0. The van der Waals surface area contributed by atoms with Crippen LogP contribution >= 0.6 is 27.5 Å². The minimum absolute atomic E-state index is 0.0718. The summed E-state index contributed by atoms with van der Waals surface area (Å²) in [6, 6.07) is 4.54. The highest BCUT2D eigenvalue weighted by molar-refractivity contribution is 9.10. The van der Waals surface area contributed by atoms with Crippen LogP contribution in [0, 0.1) is 5.92 Å². The molecule has 1 aromatic carbocycles. The molecule has 7 heteroatoms. The van der Waals surface area contributed by atoms with Crippen LogP contribution in [0.25, 0.3) is 0 Å². The van der Waals surface area contributed by atoms with E-state index in [0.717, 1.165) is 19.3 Å². The Labute approximate surface area is 126 Å². The first-order valence-electron chi connectivity index (χ1n) is 6.11. The van der Waals surface area contributed by atoms with Crippen molar-refractivity contribution in [3.05, 3.63) is 27.7 Å². The van der Waals surface area contributed by atoms with Gasteiger partial charge in [-0.15, -0.1) is 0 Å². The van der Waals surface area contributed by atoms with Crippen molar-refractivity contribution in [2.45, 2.75) is 30.2 Å². The molecule has 0 radical (unpaired) electrons. The second kappa shape index (κ2) is 6.10. The van der Waals surface area contributed by atoms with Crippen LogP contribution in [-0.4, -0.2) is 21.0 Å². The normalized spacial score (nSPS) is 23.7. The Morgan fingerprint density at radius 1 is 1.42 bits per heavy atom.